The van der Waals surface area contributed by atoms with Gasteiger partial charge in [-0.05, 0) is 55.5 Å². The average molecular weight is 368 g/mol. The fourth-order valence-electron chi connectivity index (χ4n) is 4.00. The molecule has 0 aliphatic carbocycles. The summed E-state index contributed by atoms with van der Waals surface area (Å²) in [6.45, 7) is 5.12. The molecule has 2 aliphatic heterocycles. The number of amides is 1. The van der Waals surface area contributed by atoms with Crippen molar-refractivity contribution in [1.29, 1.82) is 0 Å². The minimum atomic E-state index is 0.158. The summed E-state index contributed by atoms with van der Waals surface area (Å²) >= 11 is 0. The van der Waals surface area contributed by atoms with E-state index in [1.54, 1.807) is 6.26 Å². The maximum absolute atomic E-state index is 12.5. The number of ether oxygens (including phenoxy) is 1. The summed E-state index contributed by atoms with van der Waals surface area (Å²) in [5.74, 6) is 1.12. The van der Waals surface area contributed by atoms with E-state index in [1.807, 2.05) is 29.2 Å². The summed E-state index contributed by atoms with van der Waals surface area (Å²) in [5.41, 5.74) is 2.00. The Kier molecular flexibility index (Phi) is 5.90. The van der Waals surface area contributed by atoms with Gasteiger partial charge in [-0.2, -0.15) is 0 Å². The van der Waals surface area contributed by atoms with Crippen molar-refractivity contribution in [1.82, 2.24) is 9.80 Å². The molecule has 5 nitrogen and oxygen atoms in total. The quantitative estimate of drug-likeness (QED) is 0.748. The highest BCUT2D eigenvalue weighted by Gasteiger charge is 2.21. The van der Waals surface area contributed by atoms with Crippen LogP contribution in [0.15, 0.2) is 47.1 Å². The van der Waals surface area contributed by atoms with Crippen molar-refractivity contribution in [3.05, 3.63) is 59.5 Å². The highest BCUT2D eigenvalue weighted by molar-refractivity contribution is 5.94. The van der Waals surface area contributed by atoms with Gasteiger partial charge in [0.25, 0.3) is 5.91 Å². The third kappa shape index (κ3) is 4.79. The third-order valence-electron chi connectivity index (χ3n) is 5.45. The molecule has 0 saturated carbocycles. The molecule has 2 aromatic rings. The number of carbonyl (C=O) groups is 1. The van der Waals surface area contributed by atoms with Crippen LogP contribution in [0.3, 0.4) is 0 Å². The standard InChI is InChI=1S/C22H28N2O3/c25-22(24-11-1-2-12-24)19-9-7-18(8-10-19)15-23(16-20-5-3-13-26-20)17-21-6-4-14-27-21/h3,5,7-10,13,21H,1-2,4,6,11-12,14-17H2. The Balaban J connectivity index is 1.40. The Morgan fingerprint density at radius 3 is 2.56 bits per heavy atom. The number of nitrogens with zero attached hydrogens (tertiary/aromatic N) is 2. The molecule has 3 heterocycles. The zero-order chi connectivity index (χ0) is 18.5. The summed E-state index contributed by atoms with van der Waals surface area (Å²) < 4.78 is 11.4. The average Bonchev–Trinajstić information content (AvgIpc) is 3.45. The lowest BCUT2D eigenvalue weighted by Gasteiger charge is -2.24. The summed E-state index contributed by atoms with van der Waals surface area (Å²) in [7, 11) is 0. The van der Waals surface area contributed by atoms with Crippen LogP contribution < -0.4 is 0 Å². The van der Waals surface area contributed by atoms with Crippen molar-refractivity contribution in [3.63, 3.8) is 0 Å². The molecule has 1 amide bonds. The molecule has 0 N–H and O–H groups in total. The third-order valence-corrected chi connectivity index (χ3v) is 5.45. The highest BCUT2D eigenvalue weighted by Crippen LogP contribution is 2.19. The van der Waals surface area contributed by atoms with Crippen molar-refractivity contribution in [2.45, 2.75) is 44.9 Å². The Labute approximate surface area is 160 Å². The van der Waals surface area contributed by atoms with E-state index in [-0.39, 0.29) is 5.91 Å². The van der Waals surface area contributed by atoms with Gasteiger partial charge in [-0.3, -0.25) is 9.69 Å². The van der Waals surface area contributed by atoms with Gasteiger partial charge in [0, 0.05) is 38.3 Å². The number of hydrogen-bond acceptors (Lipinski definition) is 4. The van der Waals surface area contributed by atoms with Gasteiger partial charge in [0.05, 0.1) is 18.9 Å². The molecule has 1 atom stereocenters. The first kappa shape index (κ1) is 18.3. The second kappa shape index (κ2) is 8.72. The van der Waals surface area contributed by atoms with E-state index in [1.165, 1.54) is 5.56 Å². The molecule has 0 radical (unpaired) electrons. The van der Waals surface area contributed by atoms with Crippen molar-refractivity contribution in [3.8, 4) is 0 Å². The van der Waals surface area contributed by atoms with E-state index in [0.717, 1.165) is 76.3 Å². The van der Waals surface area contributed by atoms with Crippen LogP contribution in [0.25, 0.3) is 0 Å². The molecule has 144 valence electrons. The molecule has 27 heavy (non-hydrogen) atoms. The lowest BCUT2D eigenvalue weighted by atomic mass is 10.1. The predicted octanol–water partition coefficient (Wildman–Crippen LogP) is 3.70. The van der Waals surface area contributed by atoms with Gasteiger partial charge < -0.3 is 14.1 Å². The van der Waals surface area contributed by atoms with E-state index >= 15 is 0 Å². The topological polar surface area (TPSA) is 45.9 Å². The van der Waals surface area contributed by atoms with Crippen LogP contribution in [0.5, 0.6) is 0 Å². The number of hydrogen-bond donors (Lipinski definition) is 0. The first-order chi connectivity index (χ1) is 13.3. The highest BCUT2D eigenvalue weighted by atomic mass is 16.5. The fourth-order valence-corrected chi connectivity index (χ4v) is 4.00. The number of rotatable bonds is 7. The Morgan fingerprint density at radius 2 is 1.89 bits per heavy atom. The molecular formula is C22H28N2O3. The van der Waals surface area contributed by atoms with Gasteiger partial charge >= 0.3 is 0 Å². The largest absolute Gasteiger partial charge is 0.468 e. The lowest BCUT2D eigenvalue weighted by molar-refractivity contribution is 0.0655. The Hall–Kier alpha value is -2.11. The zero-order valence-electron chi connectivity index (χ0n) is 15.8. The summed E-state index contributed by atoms with van der Waals surface area (Å²) in [4.78, 5) is 16.8. The summed E-state index contributed by atoms with van der Waals surface area (Å²) in [5, 5.41) is 0. The van der Waals surface area contributed by atoms with Gasteiger partial charge in [-0.1, -0.05) is 12.1 Å². The number of benzene rings is 1. The molecule has 2 aliphatic rings. The molecular weight excluding hydrogens is 340 g/mol. The van der Waals surface area contributed by atoms with Crippen molar-refractivity contribution < 1.29 is 13.9 Å². The smallest absolute Gasteiger partial charge is 0.253 e. The molecule has 0 bridgehead atoms. The van der Waals surface area contributed by atoms with Crippen LogP contribution in [-0.4, -0.2) is 48.1 Å². The second-order valence-electron chi connectivity index (χ2n) is 7.58. The Morgan fingerprint density at radius 1 is 1.07 bits per heavy atom. The van der Waals surface area contributed by atoms with Gasteiger partial charge in [0.15, 0.2) is 0 Å². The van der Waals surface area contributed by atoms with Gasteiger partial charge in [-0.15, -0.1) is 0 Å². The molecule has 2 fully saturated rings. The van der Waals surface area contributed by atoms with Crippen LogP contribution in [0.2, 0.25) is 0 Å². The van der Waals surface area contributed by atoms with Gasteiger partial charge in [0.1, 0.15) is 5.76 Å². The maximum atomic E-state index is 12.5. The molecule has 1 aromatic carbocycles. The SMILES string of the molecule is O=C(c1ccc(CN(Cc2ccco2)CC2CCCO2)cc1)N1CCCC1. The van der Waals surface area contributed by atoms with Gasteiger partial charge in [-0.25, -0.2) is 0 Å². The minimum absolute atomic E-state index is 0.158. The lowest BCUT2D eigenvalue weighted by Crippen LogP contribution is -2.31. The van der Waals surface area contributed by atoms with Crippen molar-refractivity contribution in [2.75, 3.05) is 26.2 Å². The molecule has 4 rings (SSSR count). The van der Waals surface area contributed by atoms with Crippen LogP contribution in [0, 0.1) is 0 Å². The second-order valence-corrected chi connectivity index (χ2v) is 7.58. The predicted molar refractivity (Wildman–Crippen MR) is 103 cm³/mol. The van der Waals surface area contributed by atoms with Crippen molar-refractivity contribution >= 4 is 5.91 Å². The van der Waals surface area contributed by atoms with Crippen LogP contribution >= 0.6 is 0 Å². The monoisotopic (exact) mass is 368 g/mol. The first-order valence-electron chi connectivity index (χ1n) is 10.0. The van der Waals surface area contributed by atoms with E-state index in [9.17, 15) is 4.79 Å². The van der Waals surface area contributed by atoms with E-state index < -0.39 is 0 Å². The van der Waals surface area contributed by atoms with Gasteiger partial charge in [0.2, 0.25) is 0 Å². The van der Waals surface area contributed by atoms with Crippen LogP contribution in [0.4, 0.5) is 0 Å². The molecule has 1 unspecified atom stereocenters. The zero-order valence-corrected chi connectivity index (χ0v) is 15.8. The normalized spacial score (nSPS) is 19.9. The van der Waals surface area contributed by atoms with Crippen LogP contribution in [0.1, 0.15) is 47.4 Å². The number of carbonyl (C=O) groups excluding carboxylic acids is 1. The number of likely N-dealkylation sites (tertiary alicyclic amines) is 1. The summed E-state index contributed by atoms with van der Waals surface area (Å²) in [6.07, 6.45) is 6.53. The minimum Gasteiger partial charge on any atom is -0.468 e. The fraction of sp³-hybridized carbons (Fsp3) is 0.500. The van der Waals surface area contributed by atoms with E-state index in [4.69, 9.17) is 9.15 Å². The van der Waals surface area contributed by atoms with E-state index in [2.05, 4.69) is 17.0 Å². The molecule has 2 saturated heterocycles. The van der Waals surface area contributed by atoms with Crippen molar-refractivity contribution in [2.24, 2.45) is 0 Å². The first-order valence-corrected chi connectivity index (χ1v) is 10.0. The van der Waals surface area contributed by atoms with E-state index in [0.29, 0.717) is 6.10 Å². The number of furan rings is 1. The molecule has 5 heteroatoms. The summed E-state index contributed by atoms with van der Waals surface area (Å²) in [6, 6.07) is 12.0. The molecule has 0 spiro atoms. The molecule has 1 aromatic heterocycles. The Bertz CT molecular complexity index is 715. The van der Waals surface area contributed by atoms with Crippen LogP contribution in [-0.2, 0) is 17.8 Å². The maximum Gasteiger partial charge on any atom is 0.253 e.